The zero-order chi connectivity index (χ0) is 16.5. The van der Waals surface area contributed by atoms with Crippen LogP contribution in [0.1, 0.15) is 54.7 Å². The summed E-state index contributed by atoms with van der Waals surface area (Å²) in [7, 11) is 0. The summed E-state index contributed by atoms with van der Waals surface area (Å²) in [4.78, 5) is 4.70. The normalized spacial score (nSPS) is 15.8. The van der Waals surface area contributed by atoms with Gasteiger partial charge in [0.15, 0.2) is 0 Å². The minimum Gasteiger partial charge on any atom is -0.256 e. The van der Waals surface area contributed by atoms with Crippen molar-refractivity contribution in [2.75, 3.05) is 0 Å². The van der Waals surface area contributed by atoms with Gasteiger partial charge in [0.2, 0.25) is 0 Å². The molecule has 1 aliphatic carbocycles. The van der Waals surface area contributed by atoms with Crippen molar-refractivity contribution >= 4 is 10.8 Å². The van der Waals surface area contributed by atoms with E-state index < -0.39 is 0 Å². The van der Waals surface area contributed by atoms with E-state index in [0.29, 0.717) is 0 Å². The molecule has 0 bridgehead atoms. The summed E-state index contributed by atoms with van der Waals surface area (Å²) in [5.74, 6) is 0.751. The number of pyridine rings is 1. The van der Waals surface area contributed by atoms with Crippen molar-refractivity contribution in [1.82, 2.24) is 4.98 Å². The zero-order valence-electron chi connectivity index (χ0n) is 14.7. The van der Waals surface area contributed by atoms with Crippen LogP contribution in [0.3, 0.4) is 0 Å². The lowest BCUT2D eigenvalue weighted by Gasteiger charge is -2.22. The Morgan fingerprint density at radius 3 is 2.33 bits per heavy atom. The molecule has 1 fully saturated rings. The molecule has 0 aliphatic heterocycles. The van der Waals surface area contributed by atoms with Crippen LogP contribution in [0.2, 0.25) is 0 Å². The molecule has 122 valence electrons. The number of benzene rings is 2. The first-order chi connectivity index (χ1) is 11.7. The largest absolute Gasteiger partial charge is 0.256 e. The molecule has 0 saturated heterocycles. The summed E-state index contributed by atoms with van der Waals surface area (Å²) in [6, 6.07) is 15.9. The van der Waals surface area contributed by atoms with E-state index in [-0.39, 0.29) is 0 Å². The molecule has 1 heterocycles. The Labute approximate surface area is 144 Å². The first kappa shape index (κ1) is 15.4. The van der Waals surface area contributed by atoms with Crippen LogP contribution in [-0.2, 0) is 0 Å². The Kier molecular flexibility index (Phi) is 4.10. The van der Waals surface area contributed by atoms with E-state index in [9.17, 15) is 0 Å². The highest BCUT2D eigenvalue weighted by Crippen LogP contribution is 2.35. The fourth-order valence-electron chi connectivity index (χ4n) is 4.23. The van der Waals surface area contributed by atoms with E-state index in [0.717, 1.165) is 11.6 Å². The topological polar surface area (TPSA) is 12.9 Å². The fraction of sp³-hybridized carbons (Fsp3) is 0.348. The highest BCUT2D eigenvalue weighted by atomic mass is 14.7. The molecule has 1 heteroatoms. The number of hydrogen-bond donors (Lipinski definition) is 0. The van der Waals surface area contributed by atoms with E-state index in [1.165, 1.54) is 65.1 Å². The lowest BCUT2D eigenvalue weighted by molar-refractivity contribution is 0.444. The Bertz CT molecular complexity index is 852. The quantitative estimate of drug-likeness (QED) is 0.521. The maximum absolute atomic E-state index is 4.70. The summed E-state index contributed by atoms with van der Waals surface area (Å²) < 4.78 is 0. The van der Waals surface area contributed by atoms with Gasteiger partial charge in [0.1, 0.15) is 0 Å². The predicted octanol–water partition coefficient (Wildman–Crippen LogP) is 6.57. The number of fused-ring (bicyclic) bond motifs is 1. The molecule has 0 atom stereocenters. The van der Waals surface area contributed by atoms with Gasteiger partial charge < -0.3 is 0 Å². The zero-order valence-corrected chi connectivity index (χ0v) is 14.7. The molecule has 1 aromatic heterocycles. The minimum absolute atomic E-state index is 0.751. The molecule has 1 aliphatic rings. The van der Waals surface area contributed by atoms with Gasteiger partial charge in [0.25, 0.3) is 0 Å². The summed E-state index contributed by atoms with van der Waals surface area (Å²) in [5.41, 5.74) is 6.43. The van der Waals surface area contributed by atoms with Crippen molar-refractivity contribution in [3.05, 3.63) is 65.4 Å². The maximum Gasteiger partial charge on any atom is 0.0780 e. The van der Waals surface area contributed by atoms with Crippen LogP contribution in [0.4, 0.5) is 0 Å². The fourth-order valence-corrected chi connectivity index (χ4v) is 4.23. The molecule has 0 spiro atoms. The van der Waals surface area contributed by atoms with Crippen molar-refractivity contribution in [3.8, 4) is 11.3 Å². The molecule has 1 saturated carbocycles. The number of hydrogen-bond acceptors (Lipinski definition) is 1. The lowest BCUT2D eigenvalue weighted by Crippen LogP contribution is -2.04. The third-order valence-corrected chi connectivity index (χ3v) is 5.36. The van der Waals surface area contributed by atoms with Crippen molar-refractivity contribution in [2.24, 2.45) is 0 Å². The van der Waals surface area contributed by atoms with Gasteiger partial charge in [0.05, 0.1) is 5.69 Å². The van der Waals surface area contributed by atoms with E-state index in [4.69, 9.17) is 4.98 Å². The van der Waals surface area contributed by atoms with Gasteiger partial charge in [0, 0.05) is 17.1 Å². The maximum atomic E-state index is 4.70. The van der Waals surface area contributed by atoms with Crippen LogP contribution in [0.25, 0.3) is 22.0 Å². The second-order valence-corrected chi connectivity index (χ2v) is 7.35. The highest BCUT2D eigenvalue weighted by Gasteiger charge is 2.16. The molecule has 0 N–H and O–H groups in total. The van der Waals surface area contributed by atoms with Crippen LogP contribution in [0.5, 0.6) is 0 Å². The minimum atomic E-state index is 0.751. The third kappa shape index (κ3) is 2.96. The van der Waals surface area contributed by atoms with E-state index in [1.807, 2.05) is 6.20 Å². The van der Waals surface area contributed by atoms with Crippen molar-refractivity contribution in [2.45, 2.75) is 51.9 Å². The van der Waals surface area contributed by atoms with Gasteiger partial charge in [-0.1, -0.05) is 54.7 Å². The molecule has 4 rings (SSSR count). The Morgan fingerprint density at radius 1 is 0.833 bits per heavy atom. The van der Waals surface area contributed by atoms with Crippen molar-refractivity contribution < 1.29 is 0 Å². The first-order valence-corrected chi connectivity index (χ1v) is 9.18. The van der Waals surface area contributed by atoms with Gasteiger partial charge >= 0.3 is 0 Å². The SMILES string of the molecule is Cc1cc(C)cc(-c2nccc3cc(C4CCCCC4)ccc23)c1. The standard InChI is InChI=1S/C23H25N/c1-16-12-17(2)14-21(13-16)23-22-9-8-19(15-20(22)10-11-24-23)18-6-4-3-5-7-18/h8-15,18H,3-7H2,1-2H3. The summed E-state index contributed by atoms with van der Waals surface area (Å²) in [6.07, 6.45) is 8.83. The Morgan fingerprint density at radius 2 is 1.58 bits per heavy atom. The van der Waals surface area contributed by atoms with Gasteiger partial charge in [-0.25, -0.2) is 0 Å². The molecular formula is C23H25N. The average Bonchev–Trinajstić information content (AvgIpc) is 2.60. The number of aromatic nitrogens is 1. The van der Waals surface area contributed by atoms with Gasteiger partial charge in [-0.2, -0.15) is 0 Å². The molecule has 3 aromatic rings. The molecule has 0 unspecified atom stereocenters. The van der Waals surface area contributed by atoms with Crippen molar-refractivity contribution in [3.63, 3.8) is 0 Å². The van der Waals surface area contributed by atoms with Crippen LogP contribution in [0.15, 0.2) is 48.7 Å². The van der Waals surface area contributed by atoms with E-state index >= 15 is 0 Å². The smallest absolute Gasteiger partial charge is 0.0780 e. The van der Waals surface area contributed by atoms with Gasteiger partial charge in [-0.3, -0.25) is 4.98 Å². The monoisotopic (exact) mass is 315 g/mol. The Hall–Kier alpha value is -2.15. The van der Waals surface area contributed by atoms with Crippen LogP contribution >= 0.6 is 0 Å². The molecule has 24 heavy (non-hydrogen) atoms. The summed E-state index contributed by atoms with van der Waals surface area (Å²) in [6.45, 7) is 4.31. The van der Waals surface area contributed by atoms with Crippen LogP contribution in [-0.4, -0.2) is 4.98 Å². The number of nitrogens with zero attached hydrogens (tertiary/aromatic N) is 1. The second kappa shape index (κ2) is 6.39. The molecule has 0 radical (unpaired) electrons. The summed E-state index contributed by atoms with van der Waals surface area (Å²) >= 11 is 0. The first-order valence-electron chi connectivity index (χ1n) is 9.18. The van der Waals surface area contributed by atoms with Crippen LogP contribution < -0.4 is 0 Å². The molecule has 2 aromatic carbocycles. The molecule has 0 amide bonds. The van der Waals surface area contributed by atoms with Crippen LogP contribution in [0, 0.1) is 13.8 Å². The lowest BCUT2D eigenvalue weighted by atomic mass is 9.83. The van der Waals surface area contributed by atoms with E-state index in [1.54, 1.807) is 0 Å². The predicted molar refractivity (Wildman–Crippen MR) is 102 cm³/mol. The second-order valence-electron chi connectivity index (χ2n) is 7.35. The third-order valence-electron chi connectivity index (χ3n) is 5.36. The Balaban J connectivity index is 1.80. The van der Waals surface area contributed by atoms with Crippen molar-refractivity contribution in [1.29, 1.82) is 0 Å². The number of rotatable bonds is 2. The molecule has 1 nitrogen and oxygen atoms in total. The summed E-state index contributed by atoms with van der Waals surface area (Å²) in [5, 5.41) is 2.59. The van der Waals surface area contributed by atoms with E-state index in [2.05, 4.69) is 56.3 Å². The molecular weight excluding hydrogens is 290 g/mol. The average molecular weight is 315 g/mol. The highest BCUT2D eigenvalue weighted by molar-refractivity contribution is 5.95. The van der Waals surface area contributed by atoms with Gasteiger partial charge in [-0.15, -0.1) is 0 Å². The number of aryl methyl sites for hydroxylation is 2. The van der Waals surface area contributed by atoms with Gasteiger partial charge in [-0.05, 0) is 61.8 Å².